The van der Waals surface area contributed by atoms with Gasteiger partial charge in [-0.05, 0) is 44.7 Å². The fourth-order valence-corrected chi connectivity index (χ4v) is 2.74. The number of alkyl carbamates (subject to hydrolysis) is 1. The molecule has 2 aromatic rings. The van der Waals surface area contributed by atoms with Crippen LogP contribution < -0.4 is 5.32 Å². The zero-order chi connectivity index (χ0) is 26.3. The molecule has 2 aromatic carbocycles. The zero-order valence-corrected chi connectivity index (χ0v) is 21.7. The van der Waals surface area contributed by atoms with Crippen molar-refractivity contribution in [2.24, 2.45) is 5.92 Å². The summed E-state index contributed by atoms with van der Waals surface area (Å²) in [5, 5.41) is 2.60. The van der Waals surface area contributed by atoms with E-state index >= 15 is 0 Å². The van der Waals surface area contributed by atoms with Crippen molar-refractivity contribution >= 4 is 18.0 Å². The minimum Gasteiger partial charge on any atom is -0.461 e. The van der Waals surface area contributed by atoms with Crippen LogP contribution in [-0.2, 0) is 37.0 Å². The molecule has 0 saturated heterocycles. The summed E-state index contributed by atoms with van der Waals surface area (Å²) in [7, 11) is 0. The minimum absolute atomic E-state index is 0.103. The van der Waals surface area contributed by atoms with Crippen molar-refractivity contribution in [2.75, 3.05) is 0 Å². The van der Waals surface area contributed by atoms with Crippen molar-refractivity contribution in [1.82, 2.24) is 5.32 Å². The second-order valence-electron chi connectivity index (χ2n) is 9.64. The van der Waals surface area contributed by atoms with E-state index in [1.165, 1.54) is 0 Å². The van der Waals surface area contributed by atoms with Gasteiger partial charge in [0.05, 0.1) is 6.42 Å². The molecule has 0 aromatic heterocycles. The first-order chi connectivity index (χ1) is 16.4. The Morgan fingerprint density at radius 3 is 1.57 bits per heavy atom. The molecule has 2 rings (SSSR count). The number of carbonyl (C=O) groups is 3. The van der Waals surface area contributed by atoms with Crippen LogP contribution in [0.15, 0.2) is 60.7 Å². The Hall–Kier alpha value is -3.35. The Bertz CT molecular complexity index is 891. The van der Waals surface area contributed by atoms with Gasteiger partial charge in [0.2, 0.25) is 0 Å². The molecule has 0 fully saturated rings. The van der Waals surface area contributed by atoms with Gasteiger partial charge in [-0.25, -0.2) is 4.79 Å². The first kappa shape index (κ1) is 29.7. The highest BCUT2D eigenvalue weighted by molar-refractivity contribution is 5.72. The van der Waals surface area contributed by atoms with Crippen LogP contribution in [0.2, 0.25) is 0 Å². The summed E-state index contributed by atoms with van der Waals surface area (Å²) in [6.45, 7) is 11.7. The molecule has 0 saturated carbocycles. The Kier molecular flexibility index (Phi) is 13.2. The number of amides is 1. The predicted octanol–water partition coefficient (Wildman–Crippen LogP) is 5.81. The van der Waals surface area contributed by atoms with Crippen LogP contribution in [0.5, 0.6) is 0 Å². The number of carbonyl (C=O) groups excluding carboxylic acids is 3. The number of benzene rings is 2. The van der Waals surface area contributed by atoms with E-state index in [2.05, 4.69) is 5.32 Å². The van der Waals surface area contributed by atoms with Gasteiger partial charge < -0.3 is 19.5 Å². The van der Waals surface area contributed by atoms with Crippen LogP contribution in [0.25, 0.3) is 0 Å². The number of nitrogens with one attached hydrogen (secondary N) is 1. The molecule has 192 valence electrons. The molecular weight excluding hydrogens is 446 g/mol. The number of esters is 2. The molecule has 0 aliphatic carbocycles. The lowest BCUT2D eigenvalue weighted by Crippen LogP contribution is -2.38. The number of hydrogen-bond donors (Lipinski definition) is 1. The van der Waals surface area contributed by atoms with Crippen LogP contribution in [0.3, 0.4) is 0 Å². The third kappa shape index (κ3) is 16.0. The average Bonchev–Trinajstić information content (AvgIpc) is 2.76. The Morgan fingerprint density at radius 1 is 0.743 bits per heavy atom. The summed E-state index contributed by atoms with van der Waals surface area (Å²) in [4.78, 5) is 34.4. The summed E-state index contributed by atoms with van der Waals surface area (Å²) in [5.74, 6) is -0.121. The largest absolute Gasteiger partial charge is 0.461 e. The van der Waals surface area contributed by atoms with Gasteiger partial charge in [0.15, 0.2) is 0 Å². The van der Waals surface area contributed by atoms with Crippen LogP contribution >= 0.6 is 0 Å². The van der Waals surface area contributed by atoms with Crippen molar-refractivity contribution in [3.63, 3.8) is 0 Å². The van der Waals surface area contributed by atoms with E-state index in [-0.39, 0.29) is 31.0 Å². The fraction of sp³-hybridized carbons (Fsp3) is 0.464. The van der Waals surface area contributed by atoms with Gasteiger partial charge in [-0.3, -0.25) is 9.59 Å². The lowest BCUT2D eigenvalue weighted by atomic mass is 10.1. The molecular formula is C28H39NO6. The van der Waals surface area contributed by atoms with E-state index in [0.717, 1.165) is 11.1 Å². The predicted molar refractivity (Wildman–Crippen MR) is 135 cm³/mol. The monoisotopic (exact) mass is 485 g/mol. The highest BCUT2D eigenvalue weighted by Crippen LogP contribution is 2.08. The third-order valence-electron chi connectivity index (χ3n) is 4.30. The highest BCUT2D eigenvalue weighted by Gasteiger charge is 2.19. The first-order valence-electron chi connectivity index (χ1n) is 11.8. The topological polar surface area (TPSA) is 90.9 Å². The molecule has 0 bridgehead atoms. The van der Waals surface area contributed by atoms with Crippen LogP contribution in [0, 0.1) is 5.92 Å². The molecule has 1 N–H and O–H groups in total. The van der Waals surface area contributed by atoms with Gasteiger partial charge in [-0.15, -0.1) is 0 Å². The molecule has 7 heteroatoms. The molecule has 0 spiro atoms. The summed E-state index contributed by atoms with van der Waals surface area (Å²) in [6.07, 6.45) is 0.0599. The standard InChI is InChI=1S/C16H23NO4.C12H16O2/c1-12(17-15(19)21-16(2,3)4)10-14(18)20-11-13-8-6-5-7-9-13;1-10(2)8-12(13)14-9-11-6-4-3-5-7-11/h5-9,12H,10-11H2,1-4H3,(H,17,19);3-7,10H,8-9H2,1-2H3/t12-;/m1./s1. The maximum Gasteiger partial charge on any atom is 0.407 e. The molecule has 0 radical (unpaired) electrons. The van der Waals surface area contributed by atoms with Crippen LogP contribution in [-0.4, -0.2) is 29.7 Å². The molecule has 35 heavy (non-hydrogen) atoms. The smallest absolute Gasteiger partial charge is 0.407 e. The van der Waals surface area contributed by atoms with Crippen molar-refractivity contribution in [3.8, 4) is 0 Å². The maximum absolute atomic E-state index is 11.7. The van der Waals surface area contributed by atoms with Crippen molar-refractivity contribution in [3.05, 3.63) is 71.8 Å². The van der Waals surface area contributed by atoms with E-state index in [0.29, 0.717) is 18.9 Å². The quantitative estimate of drug-likeness (QED) is 0.356. The summed E-state index contributed by atoms with van der Waals surface area (Å²) in [6, 6.07) is 18.8. The van der Waals surface area contributed by atoms with E-state index in [1.54, 1.807) is 27.7 Å². The van der Waals surface area contributed by atoms with Gasteiger partial charge in [-0.1, -0.05) is 74.5 Å². The summed E-state index contributed by atoms with van der Waals surface area (Å²) >= 11 is 0. The minimum atomic E-state index is -0.558. The van der Waals surface area contributed by atoms with E-state index in [9.17, 15) is 14.4 Å². The second kappa shape index (κ2) is 15.5. The number of ether oxygens (including phenoxy) is 3. The van der Waals surface area contributed by atoms with E-state index in [1.807, 2.05) is 74.5 Å². The van der Waals surface area contributed by atoms with E-state index in [4.69, 9.17) is 14.2 Å². The lowest BCUT2D eigenvalue weighted by Gasteiger charge is -2.21. The highest BCUT2D eigenvalue weighted by atomic mass is 16.6. The molecule has 0 unspecified atom stereocenters. The zero-order valence-electron chi connectivity index (χ0n) is 21.7. The number of hydrogen-bond acceptors (Lipinski definition) is 6. The first-order valence-corrected chi connectivity index (χ1v) is 11.8. The Morgan fingerprint density at radius 2 is 1.17 bits per heavy atom. The Balaban J connectivity index is 0.000000379. The van der Waals surface area contributed by atoms with Gasteiger partial charge in [0.1, 0.15) is 18.8 Å². The van der Waals surface area contributed by atoms with E-state index < -0.39 is 11.7 Å². The molecule has 1 atom stereocenters. The maximum atomic E-state index is 11.7. The fourth-order valence-electron chi connectivity index (χ4n) is 2.74. The second-order valence-corrected chi connectivity index (χ2v) is 9.64. The molecule has 7 nitrogen and oxygen atoms in total. The van der Waals surface area contributed by atoms with Crippen molar-refractivity contribution in [2.45, 2.75) is 79.2 Å². The Labute approximate surface area is 209 Å². The summed E-state index contributed by atoms with van der Waals surface area (Å²) < 4.78 is 15.4. The normalized spacial score (nSPS) is 11.5. The van der Waals surface area contributed by atoms with Crippen LogP contribution in [0.1, 0.15) is 65.5 Å². The van der Waals surface area contributed by atoms with Crippen molar-refractivity contribution < 1.29 is 28.6 Å². The number of rotatable bonds is 9. The molecule has 1 amide bonds. The van der Waals surface area contributed by atoms with Gasteiger partial charge >= 0.3 is 18.0 Å². The average molecular weight is 486 g/mol. The lowest BCUT2D eigenvalue weighted by molar-refractivity contribution is -0.146. The van der Waals surface area contributed by atoms with Gasteiger partial charge in [0, 0.05) is 12.5 Å². The summed E-state index contributed by atoms with van der Waals surface area (Å²) in [5.41, 5.74) is 1.40. The van der Waals surface area contributed by atoms with Gasteiger partial charge in [-0.2, -0.15) is 0 Å². The molecule has 0 heterocycles. The molecule has 0 aliphatic heterocycles. The third-order valence-corrected chi connectivity index (χ3v) is 4.30. The van der Waals surface area contributed by atoms with Gasteiger partial charge in [0.25, 0.3) is 0 Å². The van der Waals surface area contributed by atoms with Crippen LogP contribution in [0.4, 0.5) is 4.79 Å². The SMILES string of the molecule is CC(C)CC(=O)OCc1ccccc1.C[C@H](CC(=O)OCc1ccccc1)NC(=O)OC(C)(C)C. The van der Waals surface area contributed by atoms with Crippen molar-refractivity contribution in [1.29, 1.82) is 0 Å². The molecule has 0 aliphatic rings.